The number of rotatable bonds is 4. The Balaban J connectivity index is 1.58. The zero-order chi connectivity index (χ0) is 28.0. The van der Waals surface area contributed by atoms with Crippen molar-refractivity contribution in [3.63, 3.8) is 0 Å². The second-order valence-electron chi connectivity index (χ2n) is 10.5. The molecule has 2 heterocycles. The van der Waals surface area contributed by atoms with Crippen LogP contribution < -0.4 is 10.6 Å². The largest absolute Gasteiger partial charge is 0.317 e. The number of hydrogen-bond donors (Lipinski definition) is 0. The zero-order valence-corrected chi connectivity index (χ0v) is 23.7. The summed E-state index contributed by atoms with van der Waals surface area (Å²) in [4.78, 5) is 10.2. The van der Waals surface area contributed by atoms with Gasteiger partial charge < -0.3 is 4.57 Å². The van der Waals surface area contributed by atoms with E-state index in [0.717, 1.165) is 76.3 Å². The molecule has 0 saturated carbocycles. The molecule has 42 heavy (non-hydrogen) atoms. The number of fused-ring (bicyclic) bond motifs is 7. The molecule has 0 N–H and O–H groups in total. The molecule has 3 nitrogen and oxygen atoms in total. The Morgan fingerprint density at radius 1 is 0.548 bits per heavy atom. The molecule has 0 aliphatic heterocycles. The summed E-state index contributed by atoms with van der Waals surface area (Å²) in [5, 5.41) is 8.20. The second-order valence-corrected chi connectivity index (χ2v) is 12.3. The van der Waals surface area contributed by atoms with Crippen molar-refractivity contribution in [2.75, 3.05) is 0 Å². The van der Waals surface area contributed by atoms with Crippen LogP contribution in [0.2, 0.25) is 0 Å². The topological polar surface area (TPSA) is 42.9 Å². The van der Waals surface area contributed by atoms with Gasteiger partial charge in [0.1, 0.15) is 7.80 Å². The maximum absolute atomic E-state index is 14.2. The molecular weight excluding hydrogens is 531 g/mol. The SMILES string of the molecule is O=[PH](c1ccccc1)c1cc2nc(-c3ccccc3)c3ccc4ccc5cccnc5c4c3c2cc1-c1ccccc1. The molecule has 8 rings (SSSR count). The van der Waals surface area contributed by atoms with Crippen molar-refractivity contribution in [2.45, 2.75) is 0 Å². The highest BCUT2D eigenvalue weighted by atomic mass is 31.1. The molecule has 0 aliphatic rings. The minimum atomic E-state index is -2.32. The fourth-order valence-corrected chi connectivity index (χ4v) is 7.63. The highest BCUT2D eigenvalue weighted by Crippen LogP contribution is 2.41. The number of nitrogens with zero attached hydrogens (tertiary/aromatic N) is 2. The molecule has 198 valence electrons. The smallest absolute Gasteiger partial charge is 0.132 e. The molecular formula is C38H25N2OP. The van der Waals surface area contributed by atoms with E-state index in [1.807, 2.05) is 79.0 Å². The van der Waals surface area contributed by atoms with Gasteiger partial charge in [0.15, 0.2) is 0 Å². The molecule has 1 unspecified atom stereocenters. The van der Waals surface area contributed by atoms with E-state index in [2.05, 4.69) is 66.7 Å². The van der Waals surface area contributed by atoms with Gasteiger partial charge in [-0.25, -0.2) is 4.98 Å². The third-order valence-corrected chi connectivity index (χ3v) is 9.82. The Kier molecular flexibility index (Phi) is 5.91. The second kappa shape index (κ2) is 10.1. The summed E-state index contributed by atoms with van der Waals surface area (Å²) in [6.45, 7) is 0. The zero-order valence-electron chi connectivity index (χ0n) is 22.7. The van der Waals surface area contributed by atoms with Crippen molar-refractivity contribution >= 4 is 61.8 Å². The lowest BCUT2D eigenvalue weighted by Crippen LogP contribution is -2.10. The van der Waals surface area contributed by atoms with E-state index < -0.39 is 7.80 Å². The van der Waals surface area contributed by atoms with Crippen molar-refractivity contribution in [3.05, 3.63) is 146 Å². The van der Waals surface area contributed by atoms with E-state index >= 15 is 0 Å². The summed E-state index contributed by atoms with van der Waals surface area (Å²) in [7, 11) is -2.32. The summed E-state index contributed by atoms with van der Waals surface area (Å²) in [6, 6.07) is 47.4. The van der Waals surface area contributed by atoms with Crippen molar-refractivity contribution in [1.82, 2.24) is 9.97 Å². The van der Waals surface area contributed by atoms with Crippen molar-refractivity contribution in [1.29, 1.82) is 0 Å². The van der Waals surface area contributed by atoms with Crippen LogP contribution in [0.1, 0.15) is 0 Å². The van der Waals surface area contributed by atoms with Gasteiger partial charge >= 0.3 is 0 Å². The van der Waals surface area contributed by atoms with Gasteiger partial charge in [-0.15, -0.1) is 0 Å². The Morgan fingerprint density at radius 2 is 1.21 bits per heavy atom. The van der Waals surface area contributed by atoms with Crippen LogP contribution in [0.5, 0.6) is 0 Å². The van der Waals surface area contributed by atoms with Crippen LogP contribution in [-0.2, 0) is 4.57 Å². The van der Waals surface area contributed by atoms with Gasteiger partial charge in [-0.1, -0.05) is 121 Å². The van der Waals surface area contributed by atoms with Gasteiger partial charge in [-0.3, -0.25) is 4.98 Å². The average molecular weight is 557 g/mol. The Bertz CT molecular complexity index is 2300. The van der Waals surface area contributed by atoms with Gasteiger partial charge in [0.05, 0.1) is 16.7 Å². The van der Waals surface area contributed by atoms with Crippen LogP contribution in [0.25, 0.3) is 65.7 Å². The van der Waals surface area contributed by atoms with Gasteiger partial charge in [-0.2, -0.15) is 0 Å². The van der Waals surface area contributed by atoms with Crippen LogP contribution in [0, 0.1) is 0 Å². The lowest BCUT2D eigenvalue weighted by molar-refractivity contribution is 0.598. The molecule has 4 heteroatoms. The fourth-order valence-electron chi connectivity index (χ4n) is 6.10. The summed E-state index contributed by atoms with van der Waals surface area (Å²) in [5.74, 6) is 0. The highest BCUT2D eigenvalue weighted by Gasteiger charge is 2.20. The average Bonchev–Trinajstić information content (AvgIpc) is 3.07. The minimum Gasteiger partial charge on any atom is -0.317 e. The van der Waals surface area contributed by atoms with Gasteiger partial charge in [0.2, 0.25) is 0 Å². The molecule has 0 spiro atoms. The maximum Gasteiger partial charge on any atom is 0.132 e. The molecule has 0 aliphatic carbocycles. The first-order valence-electron chi connectivity index (χ1n) is 14.0. The Labute approximate surface area is 243 Å². The third kappa shape index (κ3) is 4.02. The van der Waals surface area contributed by atoms with Gasteiger partial charge in [0, 0.05) is 49.3 Å². The van der Waals surface area contributed by atoms with E-state index in [-0.39, 0.29) is 0 Å². The molecule has 0 radical (unpaired) electrons. The van der Waals surface area contributed by atoms with E-state index in [4.69, 9.17) is 9.97 Å². The lowest BCUT2D eigenvalue weighted by Gasteiger charge is -2.17. The van der Waals surface area contributed by atoms with E-state index in [9.17, 15) is 4.57 Å². The standard InChI is InChI=1S/C38H25N2OP/c41-42(29-16-8-3-9-17-29)34-24-33-32(23-31(34)25-11-4-1-5-12-25)36-30(37(40-33)27-13-6-2-7-14-27)21-20-26-18-19-28-15-10-22-39-38(28)35(26)36/h1-24,42H. The predicted molar refractivity (Wildman–Crippen MR) is 178 cm³/mol. The third-order valence-electron chi connectivity index (χ3n) is 8.06. The summed E-state index contributed by atoms with van der Waals surface area (Å²) in [5.41, 5.74) is 5.75. The maximum atomic E-state index is 14.2. The molecule has 0 bridgehead atoms. The van der Waals surface area contributed by atoms with Crippen LogP contribution in [-0.4, -0.2) is 9.97 Å². The van der Waals surface area contributed by atoms with Crippen LogP contribution in [0.3, 0.4) is 0 Å². The van der Waals surface area contributed by atoms with Crippen LogP contribution in [0.15, 0.2) is 146 Å². The Hall–Kier alpha value is -5.11. The van der Waals surface area contributed by atoms with Crippen LogP contribution in [0.4, 0.5) is 0 Å². The lowest BCUT2D eigenvalue weighted by atomic mass is 9.92. The molecule has 0 amide bonds. The minimum absolute atomic E-state index is 0.819. The van der Waals surface area contributed by atoms with E-state index in [0.29, 0.717) is 0 Å². The van der Waals surface area contributed by atoms with Gasteiger partial charge in [0.25, 0.3) is 0 Å². The first-order chi connectivity index (χ1) is 20.8. The molecule has 8 aromatic rings. The fraction of sp³-hybridized carbons (Fsp3) is 0. The van der Waals surface area contributed by atoms with Gasteiger partial charge in [-0.05, 0) is 34.7 Å². The number of benzene rings is 6. The summed E-state index contributed by atoms with van der Waals surface area (Å²) >= 11 is 0. The quantitative estimate of drug-likeness (QED) is 0.161. The number of hydrogen-bond acceptors (Lipinski definition) is 3. The molecule has 1 atom stereocenters. The Morgan fingerprint density at radius 3 is 1.98 bits per heavy atom. The first-order valence-corrected chi connectivity index (χ1v) is 15.5. The molecule has 6 aromatic carbocycles. The molecule has 0 saturated heterocycles. The number of pyridine rings is 2. The highest BCUT2D eigenvalue weighted by molar-refractivity contribution is 7.61. The van der Waals surface area contributed by atoms with Crippen molar-refractivity contribution in [2.24, 2.45) is 0 Å². The molecule has 2 aromatic heterocycles. The normalized spacial score (nSPS) is 12.3. The summed E-state index contributed by atoms with van der Waals surface area (Å²) in [6.07, 6.45) is 1.86. The van der Waals surface area contributed by atoms with Crippen molar-refractivity contribution in [3.8, 4) is 22.4 Å². The van der Waals surface area contributed by atoms with Crippen LogP contribution >= 0.6 is 7.80 Å². The monoisotopic (exact) mass is 556 g/mol. The number of aromatic nitrogens is 2. The van der Waals surface area contributed by atoms with E-state index in [1.54, 1.807) is 0 Å². The van der Waals surface area contributed by atoms with Crippen molar-refractivity contribution < 1.29 is 4.57 Å². The summed E-state index contributed by atoms with van der Waals surface area (Å²) < 4.78 is 14.2. The van der Waals surface area contributed by atoms with E-state index in [1.165, 1.54) is 0 Å². The first kappa shape index (κ1) is 24.7. The molecule has 0 fully saturated rings. The predicted octanol–water partition coefficient (Wildman–Crippen LogP) is 8.93.